The van der Waals surface area contributed by atoms with Gasteiger partial charge in [-0.2, -0.15) is 0 Å². The topological polar surface area (TPSA) is 58.6 Å². The van der Waals surface area contributed by atoms with Gasteiger partial charge in [0.05, 0.1) is 5.69 Å². The van der Waals surface area contributed by atoms with Crippen LogP contribution in [-0.2, 0) is 9.59 Å². The number of nitrogens with zero attached hydrogens (tertiary/aromatic N) is 1. The zero-order valence-corrected chi connectivity index (χ0v) is 14.1. The van der Waals surface area contributed by atoms with Gasteiger partial charge in [0.25, 0.3) is 5.91 Å². The molecule has 0 aliphatic carbocycles. The third kappa shape index (κ3) is 4.07. The van der Waals surface area contributed by atoms with Gasteiger partial charge in [0.15, 0.2) is 6.61 Å². The van der Waals surface area contributed by atoms with Crippen molar-refractivity contribution in [3.63, 3.8) is 0 Å². The molecule has 0 bridgehead atoms. The number of carbonyl (C=O) groups excluding carboxylic acids is 2. The average Bonchev–Trinajstić information content (AvgIpc) is 2.63. The minimum absolute atomic E-state index is 0.0541. The maximum atomic E-state index is 12.1. The van der Waals surface area contributed by atoms with Gasteiger partial charge in [0.1, 0.15) is 5.75 Å². The number of hydrogen-bond acceptors (Lipinski definition) is 3. The highest BCUT2D eigenvalue weighted by Gasteiger charge is 2.25. The summed E-state index contributed by atoms with van der Waals surface area (Å²) in [5.41, 5.74) is 2.28. The third-order valence-corrected chi connectivity index (χ3v) is 3.84. The SMILES string of the molecule is CCCN1C(=O)COc2ccc(NC(=O)/C=C/c3ccccc3)cc21. The van der Waals surface area contributed by atoms with Crippen LogP contribution in [0.25, 0.3) is 6.08 Å². The molecule has 2 aromatic carbocycles. The predicted molar refractivity (Wildman–Crippen MR) is 98.7 cm³/mol. The molecule has 0 unspecified atom stereocenters. The molecule has 1 aliphatic rings. The van der Waals surface area contributed by atoms with Gasteiger partial charge < -0.3 is 15.0 Å². The number of ether oxygens (including phenoxy) is 1. The molecular formula is C20H20N2O3. The predicted octanol–water partition coefficient (Wildman–Crippen LogP) is 3.47. The lowest BCUT2D eigenvalue weighted by molar-refractivity contribution is -0.121. The zero-order valence-electron chi connectivity index (χ0n) is 14.1. The van der Waals surface area contributed by atoms with Gasteiger partial charge in [-0.3, -0.25) is 9.59 Å². The maximum absolute atomic E-state index is 12.1. The maximum Gasteiger partial charge on any atom is 0.265 e. The molecule has 0 aromatic heterocycles. The van der Waals surface area contributed by atoms with Crippen LogP contribution in [0.4, 0.5) is 11.4 Å². The fraction of sp³-hybridized carbons (Fsp3) is 0.200. The first-order valence-electron chi connectivity index (χ1n) is 8.28. The number of nitrogens with one attached hydrogen (secondary N) is 1. The van der Waals surface area contributed by atoms with Crippen LogP contribution in [0.1, 0.15) is 18.9 Å². The Morgan fingerprint density at radius 1 is 1.24 bits per heavy atom. The van der Waals surface area contributed by atoms with Gasteiger partial charge in [-0.05, 0) is 36.3 Å². The summed E-state index contributed by atoms with van der Waals surface area (Å²) < 4.78 is 5.46. The second-order valence-corrected chi connectivity index (χ2v) is 5.75. The molecule has 2 amide bonds. The van der Waals surface area contributed by atoms with Gasteiger partial charge in [0.2, 0.25) is 5.91 Å². The third-order valence-electron chi connectivity index (χ3n) is 3.84. The van der Waals surface area contributed by atoms with Gasteiger partial charge >= 0.3 is 0 Å². The van der Waals surface area contributed by atoms with Crippen molar-refractivity contribution in [3.05, 3.63) is 60.2 Å². The van der Waals surface area contributed by atoms with Gasteiger partial charge in [0, 0.05) is 18.3 Å². The molecule has 1 heterocycles. The van der Waals surface area contributed by atoms with E-state index in [9.17, 15) is 9.59 Å². The van der Waals surface area contributed by atoms with Crippen molar-refractivity contribution < 1.29 is 14.3 Å². The largest absolute Gasteiger partial charge is 0.482 e. The second-order valence-electron chi connectivity index (χ2n) is 5.75. The molecule has 2 aromatic rings. The summed E-state index contributed by atoms with van der Waals surface area (Å²) in [5, 5.41) is 2.82. The number of hydrogen-bond donors (Lipinski definition) is 1. The van der Waals surface area contributed by atoms with Gasteiger partial charge in [-0.25, -0.2) is 0 Å². The van der Waals surface area contributed by atoms with E-state index in [0.717, 1.165) is 12.0 Å². The van der Waals surface area contributed by atoms with Crippen molar-refractivity contribution in [1.29, 1.82) is 0 Å². The second kappa shape index (κ2) is 7.66. The summed E-state index contributed by atoms with van der Waals surface area (Å²) in [6.45, 7) is 2.70. The Labute approximate surface area is 146 Å². The molecule has 0 fully saturated rings. The van der Waals surface area contributed by atoms with Crippen LogP contribution in [-0.4, -0.2) is 25.0 Å². The lowest BCUT2D eigenvalue weighted by Gasteiger charge is -2.29. The Morgan fingerprint density at radius 3 is 2.80 bits per heavy atom. The molecule has 5 heteroatoms. The van der Waals surface area contributed by atoms with E-state index in [1.807, 2.05) is 37.3 Å². The number of rotatable bonds is 5. The molecule has 1 N–H and O–H groups in total. The summed E-state index contributed by atoms with van der Waals surface area (Å²) in [6.07, 6.45) is 4.09. The van der Waals surface area contributed by atoms with Crippen LogP contribution in [0.2, 0.25) is 0 Å². The monoisotopic (exact) mass is 336 g/mol. The van der Waals surface area contributed by atoms with Crippen LogP contribution in [0.5, 0.6) is 5.75 Å². The van der Waals surface area contributed by atoms with Crippen molar-refractivity contribution >= 4 is 29.3 Å². The van der Waals surface area contributed by atoms with Crippen molar-refractivity contribution in [2.45, 2.75) is 13.3 Å². The molecule has 0 radical (unpaired) electrons. The van der Waals surface area contributed by atoms with E-state index in [1.54, 1.807) is 29.2 Å². The van der Waals surface area contributed by atoms with E-state index in [-0.39, 0.29) is 18.4 Å². The smallest absolute Gasteiger partial charge is 0.265 e. The first-order chi connectivity index (χ1) is 12.2. The lowest BCUT2D eigenvalue weighted by Crippen LogP contribution is -2.39. The fourth-order valence-corrected chi connectivity index (χ4v) is 2.67. The number of fused-ring (bicyclic) bond motifs is 1. The molecule has 1 aliphatic heterocycles. The van der Waals surface area contributed by atoms with Crippen LogP contribution in [0.3, 0.4) is 0 Å². The molecule has 128 valence electrons. The van der Waals surface area contributed by atoms with E-state index < -0.39 is 0 Å². The minimum Gasteiger partial charge on any atom is -0.482 e. The number of carbonyl (C=O) groups is 2. The number of anilines is 2. The molecule has 3 rings (SSSR count). The van der Waals surface area contributed by atoms with Crippen LogP contribution in [0, 0.1) is 0 Å². The summed E-state index contributed by atoms with van der Waals surface area (Å²) in [7, 11) is 0. The van der Waals surface area contributed by atoms with E-state index in [4.69, 9.17) is 4.74 Å². The van der Waals surface area contributed by atoms with Gasteiger partial charge in [-0.15, -0.1) is 0 Å². The Hall–Kier alpha value is -3.08. The van der Waals surface area contributed by atoms with Crippen LogP contribution >= 0.6 is 0 Å². The minimum atomic E-state index is -0.228. The summed E-state index contributed by atoms with van der Waals surface area (Å²) >= 11 is 0. The Kier molecular flexibility index (Phi) is 5.14. The van der Waals surface area contributed by atoms with Crippen molar-refractivity contribution in [2.75, 3.05) is 23.4 Å². The van der Waals surface area contributed by atoms with Crippen LogP contribution in [0.15, 0.2) is 54.6 Å². The van der Waals surface area contributed by atoms with Crippen molar-refractivity contribution in [1.82, 2.24) is 0 Å². The summed E-state index contributed by atoms with van der Waals surface area (Å²) in [5.74, 6) is 0.363. The first kappa shape index (κ1) is 16.8. The Morgan fingerprint density at radius 2 is 2.04 bits per heavy atom. The average molecular weight is 336 g/mol. The molecular weight excluding hydrogens is 316 g/mol. The number of amides is 2. The quantitative estimate of drug-likeness (QED) is 0.851. The van der Waals surface area contributed by atoms with Crippen molar-refractivity contribution in [2.24, 2.45) is 0 Å². The standard InChI is InChI=1S/C20H20N2O3/c1-2-12-22-17-13-16(9-10-18(17)25-14-20(22)24)21-19(23)11-8-15-6-4-3-5-7-15/h3-11,13H,2,12,14H2,1H3,(H,21,23)/b11-8+. The molecule has 25 heavy (non-hydrogen) atoms. The molecule has 5 nitrogen and oxygen atoms in total. The fourth-order valence-electron chi connectivity index (χ4n) is 2.67. The molecule has 0 saturated heterocycles. The van der Waals surface area contributed by atoms with E-state index >= 15 is 0 Å². The normalized spacial score (nSPS) is 13.5. The van der Waals surface area contributed by atoms with Crippen molar-refractivity contribution in [3.8, 4) is 5.75 Å². The van der Waals surface area contributed by atoms with E-state index in [2.05, 4.69) is 5.32 Å². The summed E-state index contributed by atoms with van der Waals surface area (Å²) in [6, 6.07) is 14.9. The molecule has 0 spiro atoms. The van der Waals surface area contributed by atoms with E-state index in [0.29, 0.717) is 23.7 Å². The summed E-state index contributed by atoms with van der Waals surface area (Å²) in [4.78, 5) is 25.9. The first-order valence-corrected chi connectivity index (χ1v) is 8.28. The highest BCUT2D eigenvalue weighted by Crippen LogP contribution is 2.34. The highest BCUT2D eigenvalue weighted by atomic mass is 16.5. The van der Waals surface area contributed by atoms with Gasteiger partial charge in [-0.1, -0.05) is 37.3 Å². The number of benzene rings is 2. The lowest BCUT2D eigenvalue weighted by atomic mass is 10.2. The molecule has 0 saturated carbocycles. The van der Waals surface area contributed by atoms with Crippen LogP contribution < -0.4 is 15.0 Å². The Balaban J connectivity index is 1.74. The Bertz CT molecular complexity index is 800. The molecule has 0 atom stereocenters. The highest BCUT2D eigenvalue weighted by molar-refractivity contribution is 6.03. The zero-order chi connectivity index (χ0) is 17.6. The van der Waals surface area contributed by atoms with E-state index in [1.165, 1.54) is 6.08 Å².